The van der Waals surface area contributed by atoms with E-state index >= 15 is 0 Å². The summed E-state index contributed by atoms with van der Waals surface area (Å²) < 4.78 is 23.0. The van der Waals surface area contributed by atoms with Crippen molar-refractivity contribution in [3.8, 4) is 17.2 Å². The predicted molar refractivity (Wildman–Crippen MR) is 128 cm³/mol. The molecule has 0 N–H and O–H groups in total. The molecule has 1 atom stereocenters. The summed E-state index contributed by atoms with van der Waals surface area (Å²) in [5.74, 6) is 1.30. The lowest BCUT2D eigenvalue weighted by Gasteiger charge is -2.24. The predicted octanol–water partition coefficient (Wildman–Crippen LogP) is 2.43. The van der Waals surface area contributed by atoms with Gasteiger partial charge >= 0.3 is 5.97 Å². The molecule has 0 radical (unpaired) electrons. The minimum absolute atomic E-state index is 0.256. The number of rotatable bonds is 6. The first-order valence-electron chi connectivity index (χ1n) is 10.4. The van der Waals surface area contributed by atoms with Crippen LogP contribution in [0.5, 0.6) is 17.2 Å². The molecule has 1 aromatic heterocycles. The van der Waals surface area contributed by atoms with Gasteiger partial charge in [-0.1, -0.05) is 29.5 Å². The van der Waals surface area contributed by atoms with Gasteiger partial charge < -0.3 is 18.9 Å². The van der Waals surface area contributed by atoms with Gasteiger partial charge in [-0.25, -0.2) is 9.79 Å². The normalized spacial score (nSPS) is 15.4. The molecule has 1 unspecified atom stereocenters. The summed E-state index contributed by atoms with van der Waals surface area (Å²) in [4.78, 5) is 31.4. The third-order valence-corrected chi connectivity index (χ3v) is 6.55. The van der Waals surface area contributed by atoms with Crippen molar-refractivity contribution in [1.29, 1.82) is 0 Å². The van der Waals surface area contributed by atoms with Crippen molar-refractivity contribution in [2.75, 3.05) is 28.4 Å². The molecule has 8 nitrogen and oxygen atoms in total. The maximum atomic E-state index is 13.6. The molecule has 0 amide bonds. The van der Waals surface area contributed by atoms with E-state index in [0.29, 0.717) is 37.9 Å². The molecule has 9 heteroatoms. The summed E-state index contributed by atoms with van der Waals surface area (Å²) in [6.45, 7) is 1.74. The van der Waals surface area contributed by atoms with E-state index in [1.165, 1.54) is 23.0 Å². The van der Waals surface area contributed by atoms with Crippen LogP contribution in [0.1, 0.15) is 24.1 Å². The van der Waals surface area contributed by atoms with Crippen molar-refractivity contribution >= 4 is 23.4 Å². The molecule has 34 heavy (non-hydrogen) atoms. The third kappa shape index (κ3) is 4.10. The van der Waals surface area contributed by atoms with E-state index in [0.717, 1.165) is 11.1 Å². The van der Waals surface area contributed by atoms with Crippen LogP contribution < -0.4 is 29.1 Å². The number of hydrogen-bond donors (Lipinski definition) is 0. The Morgan fingerprint density at radius 1 is 1.00 bits per heavy atom. The number of benzene rings is 2. The highest BCUT2D eigenvalue weighted by Crippen LogP contribution is 2.31. The van der Waals surface area contributed by atoms with Crippen molar-refractivity contribution in [3.63, 3.8) is 0 Å². The van der Waals surface area contributed by atoms with Crippen molar-refractivity contribution in [3.05, 3.63) is 84.5 Å². The molecular formula is C25H24N2O6S. The zero-order valence-corrected chi connectivity index (χ0v) is 20.3. The van der Waals surface area contributed by atoms with Crippen molar-refractivity contribution < 1.29 is 23.7 Å². The van der Waals surface area contributed by atoms with Gasteiger partial charge in [-0.05, 0) is 48.4 Å². The summed E-state index contributed by atoms with van der Waals surface area (Å²) in [6.07, 6.45) is 1.77. The smallest absolute Gasteiger partial charge is 0.338 e. The first-order valence-corrected chi connectivity index (χ1v) is 11.2. The fraction of sp³-hybridized carbons (Fsp3) is 0.240. The molecule has 0 spiro atoms. The van der Waals surface area contributed by atoms with Crippen LogP contribution in [-0.2, 0) is 9.53 Å². The van der Waals surface area contributed by atoms with E-state index in [2.05, 4.69) is 4.99 Å². The molecule has 3 aromatic rings. The Morgan fingerprint density at radius 2 is 1.71 bits per heavy atom. The van der Waals surface area contributed by atoms with Gasteiger partial charge in [-0.2, -0.15) is 0 Å². The Bertz CT molecular complexity index is 1450. The number of methoxy groups -OCH3 is 4. The molecule has 0 saturated heterocycles. The zero-order chi connectivity index (χ0) is 24.4. The van der Waals surface area contributed by atoms with Crippen LogP contribution in [0.25, 0.3) is 6.08 Å². The Balaban J connectivity index is 1.92. The maximum Gasteiger partial charge on any atom is 0.338 e. The lowest BCUT2D eigenvalue weighted by atomic mass is 9.96. The van der Waals surface area contributed by atoms with Gasteiger partial charge in [0, 0.05) is 0 Å². The molecule has 2 aromatic carbocycles. The average molecular weight is 481 g/mol. The van der Waals surface area contributed by atoms with Gasteiger partial charge in [0.25, 0.3) is 5.56 Å². The van der Waals surface area contributed by atoms with Gasteiger partial charge in [0.1, 0.15) is 5.75 Å². The Hall–Kier alpha value is -3.85. The number of carbonyl (C=O) groups excluding carboxylic acids is 1. The fourth-order valence-corrected chi connectivity index (χ4v) is 4.93. The van der Waals surface area contributed by atoms with Crippen LogP contribution in [0.15, 0.2) is 63.5 Å². The largest absolute Gasteiger partial charge is 0.497 e. The van der Waals surface area contributed by atoms with Crippen LogP contribution in [0.4, 0.5) is 0 Å². The number of esters is 1. The first-order chi connectivity index (χ1) is 16.4. The molecule has 0 aliphatic carbocycles. The molecule has 0 bridgehead atoms. The van der Waals surface area contributed by atoms with Gasteiger partial charge in [0.2, 0.25) is 0 Å². The van der Waals surface area contributed by atoms with Gasteiger partial charge in [-0.3, -0.25) is 9.36 Å². The quantitative estimate of drug-likeness (QED) is 0.504. The summed E-state index contributed by atoms with van der Waals surface area (Å²) in [7, 11) is 6.02. The van der Waals surface area contributed by atoms with Gasteiger partial charge in [-0.15, -0.1) is 0 Å². The van der Waals surface area contributed by atoms with Gasteiger partial charge in [0.15, 0.2) is 16.3 Å². The van der Waals surface area contributed by atoms with Crippen LogP contribution in [0.2, 0.25) is 0 Å². The van der Waals surface area contributed by atoms with Crippen molar-refractivity contribution in [2.24, 2.45) is 4.99 Å². The van der Waals surface area contributed by atoms with E-state index in [-0.39, 0.29) is 5.56 Å². The number of hydrogen-bond acceptors (Lipinski definition) is 8. The molecule has 176 valence electrons. The lowest BCUT2D eigenvalue weighted by molar-refractivity contribution is -0.136. The molecule has 4 rings (SSSR count). The number of fused-ring (bicyclic) bond motifs is 1. The molecule has 0 saturated carbocycles. The highest BCUT2D eigenvalue weighted by Gasteiger charge is 2.33. The fourth-order valence-electron chi connectivity index (χ4n) is 3.89. The van der Waals surface area contributed by atoms with Crippen LogP contribution in [-0.4, -0.2) is 39.0 Å². The molecule has 0 fully saturated rings. The molecular weight excluding hydrogens is 456 g/mol. The summed E-state index contributed by atoms with van der Waals surface area (Å²) in [5.41, 5.74) is 2.08. The minimum Gasteiger partial charge on any atom is -0.497 e. The summed E-state index contributed by atoms with van der Waals surface area (Å²) in [6, 6.07) is 12.0. The second-order valence-corrected chi connectivity index (χ2v) is 8.47. The van der Waals surface area contributed by atoms with Crippen LogP contribution in [0, 0.1) is 0 Å². The molecule has 1 aliphatic heterocycles. The van der Waals surface area contributed by atoms with Crippen molar-refractivity contribution in [1.82, 2.24) is 4.57 Å². The summed E-state index contributed by atoms with van der Waals surface area (Å²) >= 11 is 1.26. The number of ether oxygens (including phenoxy) is 4. The monoisotopic (exact) mass is 480 g/mol. The van der Waals surface area contributed by atoms with E-state index < -0.39 is 12.0 Å². The van der Waals surface area contributed by atoms with Gasteiger partial charge in [0.05, 0.1) is 50.3 Å². The molecule has 2 heterocycles. The summed E-state index contributed by atoms with van der Waals surface area (Å²) in [5, 5.41) is 0. The zero-order valence-electron chi connectivity index (χ0n) is 19.4. The lowest BCUT2D eigenvalue weighted by Crippen LogP contribution is -2.39. The number of carbonyl (C=O) groups is 1. The first kappa shape index (κ1) is 23.3. The highest BCUT2D eigenvalue weighted by molar-refractivity contribution is 7.07. The highest BCUT2D eigenvalue weighted by atomic mass is 32.1. The molecule has 1 aliphatic rings. The van der Waals surface area contributed by atoms with E-state index in [1.807, 2.05) is 18.2 Å². The number of allylic oxidation sites excluding steroid dienone is 1. The Morgan fingerprint density at radius 3 is 2.32 bits per heavy atom. The second-order valence-electron chi connectivity index (χ2n) is 7.46. The van der Waals surface area contributed by atoms with E-state index in [1.54, 1.807) is 58.6 Å². The van der Waals surface area contributed by atoms with Crippen molar-refractivity contribution in [2.45, 2.75) is 13.0 Å². The standard InChI is InChI=1S/C25H24N2O6S/c1-14-21(24(29)33-5)22(16-7-9-17(30-2)10-8-16)27-23(28)20(34-25(27)26-14)13-15-6-11-18(31-3)19(12-15)32-4/h6-13,22H,1-5H3/b20-13+. The minimum atomic E-state index is -0.679. The SMILES string of the molecule is COC(=O)C1=C(C)N=c2s/c(=C/c3ccc(OC)c(OC)c3)c(=O)n2C1c1ccc(OC)cc1. The number of thiazole rings is 1. The Kier molecular flexibility index (Phi) is 6.56. The second kappa shape index (κ2) is 9.56. The van der Waals surface area contributed by atoms with Crippen LogP contribution in [0.3, 0.4) is 0 Å². The topological polar surface area (TPSA) is 88.4 Å². The average Bonchev–Trinajstić information content (AvgIpc) is 3.16. The third-order valence-electron chi connectivity index (χ3n) is 5.56. The van der Waals surface area contributed by atoms with Crippen LogP contribution >= 0.6 is 11.3 Å². The van der Waals surface area contributed by atoms with E-state index in [9.17, 15) is 9.59 Å². The maximum absolute atomic E-state index is 13.6. The number of aromatic nitrogens is 1. The van der Waals surface area contributed by atoms with E-state index in [4.69, 9.17) is 18.9 Å². The number of nitrogens with zero attached hydrogens (tertiary/aromatic N) is 2. The Labute approximate surface area is 200 Å².